The molecule has 3 N–H and O–H groups in total. The van der Waals surface area contributed by atoms with Gasteiger partial charge in [0.05, 0.1) is 105 Å². The lowest BCUT2D eigenvalue weighted by atomic mass is 9.82. The van der Waals surface area contributed by atoms with Crippen molar-refractivity contribution in [3.05, 3.63) is 163 Å². The number of ketones is 2. The third-order valence-corrected chi connectivity index (χ3v) is 23.7. The fraction of sp³-hybridized carbons (Fsp3) is 0.448. The van der Waals surface area contributed by atoms with Crippen LogP contribution in [0.5, 0.6) is 46.0 Å². The van der Waals surface area contributed by atoms with Crippen LogP contribution >= 0.6 is 10.7 Å². The van der Waals surface area contributed by atoms with E-state index in [9.17, 15) is 100 Å². The molecule has 4 amide bonds. The highest BCUT2D eigenvalue weighted by atomic mass is 35.7. The second-order valence-electron chi connectivity index (χ2n) is 32.0. The van der Waals surface area contributed by atoms with Crippen LogP contribution in [0.3, 0.4) is 0 Å². The molecule has 5 fully saturated rings. The van der Waals surface area contributed by atoms with Crippen molar-refractivity contribution in [1.29, 1.82) is 0 Å². The lowest BCUT2D eigenvalue weighted by Crippen LogP contribution is -2.52. The summed E-state index contributed by atoms with van der Waals surface area (Å²) in [6, 6.07) is 22.0. The Morgan fingerprint density at radius 3 is 0.913 bits per heavy atom. The quantitative estimate of drug-likeness (QED) is 0.00645. The third kappa shape index (κ3) is 36.4. The van der Waals surface area contributed by atoms with Crippen molar-refractivity contribution in [2.45, 2.75) is 141 Å². The number of Topliss-reactive ketones (excluding diaryl/α,β-unsaturated/α-hetero) is 2. The molecule has 2 saturated heterocycles. The number of phenolic OH excluding ortho intramolecular Hbond substituents is 2. The number of phenols is 2. The fourth-order valence-corrected chi connectivity index (χ4v) is 15.1. The van der Waals surface area contributed by atoms with Gasteiger partial charge in [0.25, 0.3) is 9.05 Å². The Bertz CT molecular complexity index is 5290. The molecule has 5 aliphatic rings. The summed E-state index contributed by atoms with van der Waals surface area (Å²) in [6.45, 7) is 16.6. The predicted octanol–water partition coefficient (Wildman–Crippen LogP) is 12.8. The summed E-state index contributed by atoms with van der Waals surface area (Å²) in [4.78, 5) is 213. The minimum Gasteiger partial charge on any atom is -0.507 e. The van der Waals surface area contributed by atoms with E-state index in [4.69, 9.17) is 77.4 Å². The van der Waals surface area contributed by atoms with E-state index in [0.29, 0.717) is 122 Å². The van der Waals surface area contributed by atoms with Crippen LogP contribution in [-0.4, -0.2) is 251 Å². The molecule has 0 spiro atoms. The maximum absolute atomic E-state index is 13.2. The third-order valence-electron chi connectivity index (χ3n) is 22.3. The standard InChI is InChI=1S/C52H62N2O19.C22H22N2O9.C15H22O6.C7H7ClO2S/c1-5-44(56)66-27-7-9-29-68-46(58)34-11-15-36(16-12-34)48(60)72-42-21-19-38(31-40(42)33(3)55)70-51(63)53-23-25-54(26-24-53)52(64)71-39-20-22-43(41(32-39)50(62)65-4)73-49(61)37-17-13-35(14-18-37)47(59)69-30-10-8-28-67-45(57)6-2;1-13(25)16-11-14(3-5-18(16)26)32-21(29)23-7-9-24(10-8-23)22(30)33-15-4-6-19(27)17(12-15)20(28)31-2;1-2-13(16)20-9-3-4-10-21-15(19)12-7-5-11(6-8-12)14(17)18;1-6-2-4-7(5-3-6)11(8,9)10/h5-6,19-22,31-32,34-37H,1-2,7-18,23-30H2,3-4H3;3-6,11-12,26-27H,7-10H2,1-2H3;2,11-12H,1,3-10H2,(H,17,18);2-5H,1H3. The van der Waals surface area contributed by atoms with Crippen molar-refractivity contribution >= 4 is 121 Å². The van der Waals surface area contributed by atoms with Crippen LogP contribution in [0.25, 0.3) is 0 Å². The second-order valence-corrected chi connectivity index (χ2v) is 34.6. The molecule has 0 aromatic heterocycles. The largest absolute Gasteiger partial charge is 0.507 e. The molecule has 0 radical (unpaired) electrons. The van der Waals surface area contributed by atoms with Crippen LogP contribution in [0.1, 0.15) is 176 Å². The number of rotatable bonds is 35. The van der Waals surface area contributed by atoms with E-state index in [-0.39, 0.29) is 206 Å². The Balaban J connectivity index is 0.000000321. The highest BCUT2D eigenvalue weighted by Gasteiger charge is 2.37. The Hall–Kier alpha value is -14.3. The summed E-state index contributed by atoms with van der Waals surface area (Å²) < 4.78 is 94.3. The minimum atomic E-state index is -3.55. The molecule has 5 aromatic rings. The Morgan fingerprint density at radius 2 is 0.616 bits per heavy atom. The summed E-state index contributed by atoms with van der Waals surface area (Å²) in [5.41, 5.74) is 0.753. The van der Waals surface area contributed by atoms with Gasteiger partial charge in [-0.3, -0.25) is 38.4 Å². The van der Waals surface area contributed by atoms with Crippen molar-refractivity contribution in [2.75, 3.05) is 106 Å². The van der Waals surface area contributed by atoms with Crippen LogP contribution in [0.4, 0.5) is 19.2 Å². The van der Waals surface area contributed by atoms with Gasteiger partial charge < -0.3 is 101 Å². The molecule has 2 heterocycles. The number of unbranched alkanes of at least 4 members (excludes halogenated alkanes) is 3. The van der Waals surface area contributed by atoms with Gasteiger partial charge in [0.2, 0.25) is 0 Å². The predicted molar refractivity (Wildman–Crippen MR) is 486 cm³/mol. The van der Waals surface area contributed by atoms with Gasteiger partial charge in [-0.25, -0.2) is 51.6 Å². The number of ether oxygens (including phenoxy) is 14. The van der Waals surface area contributed by atoms with Crippen LogP contribution in [0.15, 0.2) is 140 Å². The van der Waals surface area contributed by atoms with E-state index in [1.807, 2.05) is 6.92 Å². The highest BCUT2D eigenvalue weighted by Crippen LogP contribution is 2.37. The molecule has 40 nitrogen and oxygen atoms in total. The number of aliphatic carboxylic acids is 1. The van der Waals surface area contributed by atoms with Crippen LogP contribution in [0.2, 0.25) is 0 Å². The number of carbonyl (C=O) groups is 17. The smallest absolute Gasteiger partial charge is 0.415 e. The van der Waals surface area contributed by atoms with E-state index in [0.717, 1.165) is 38.0 Å². The first-order valence-corrected chi connectivity index (χ1v) is 46.7. The maximum atomic E-state index is 13.2. The number of carboxylic acids is 1. The van der Waals surface area contributed by atoms with E-state index in [1.54, 1.807) is 12.1 Å². The monoisotopic (exact) mass is 1960 g/mol. The molecule has 0 unspecified atom stereocenters. The Kier molecular flexibility index (Phi) is 45.2. The summed E-state index contributed by atoms with van der Waals surface area (Å²) in [7, 11) is 3.84. The zero-order chi connectivity index (χ0) is 101. The lowest BCUT2D eigenvalue weighted by Gasteiger charge is -2.33. The second kappa shape index (κ2) is 56.3. The molecule has 138 heavy (non-hydrogen) atoms. The van der Waals surface area contributed by atoms with Crippen molar-refractivity contribution in [3.63, 3.8) is 0 Å². The number of aryl methyl sites for hydroxylation is 1. The number of hydrogen-bond donors (Lipinski definition) is 3. The molecular weight excluding hydrogens is 1850 g/mol. The number of halogens is 1. The first kappa shape index (κ1) is 111. The summed E-state index contributed by atoms with van der Waals surface area (Å²) in [6.07, 6.45) is 9.04. The minimum absolute atomic E-state index is 0.00799. The average molecular weight is 1970 g/mol. The maximum Gasteiger partial charge on any atom is 0.415 e. The summed E-state index contributed by atoms with van der Waals surface area (Å²) in [5.74, 6) is -9.65. The van der Waals surface area contributed by atoms with Crippen LogP contribution < -0.4 is 28.4 Å². The van der Waals surface area contributed by atoms with Gasteiger partial charge in [-0.1, -0.05) is 37.4 Å². The normalized spacial score (nSPS) is 17.1. The number of amides is 4. The summed E-state index contributed by atoms with van der Waals surface area (Å²) >= 11 is 0. The average Bonchev–Trinajstić information content (AvgIpc) is 0.816. The van der Waals surface area contributed by atoms with Crippen molar-refractivity contribution in [1.82, 2.24) is 19.6 Å². The van der Waals surface area contributed by atoms with Crippen molar-refractivity contribution in [2.24, 2.45) is 35.5 Å². The lowest BCUT2D eigenvalue weighted by molar-refractivity contribution is -0.153. The van der Waals surface area contributed by atoms with Gasteiger partial charge in [0, 0.05) is 81.3 Å². The van der Waals surface area contributed by atoms with E-state index < -0.39 is 98.8 Å². The molecule has 3 aliphatic carbocycles. The molecule has 5 aromatic carbocycles. The Labute approximate surface area is 800 Å². The molecule has 10 rings (SSSR count). The molecular formula is C96H113ClN4O36S. The number of aromatic hydroxyl groups is 2. The fourth-order valence-electron chi connectivity index (χ4n) is 14.4. The van der Waals surface area contributed by atoms with Crippen molar-refractivity contribution < 1.29 is 172 Å². The number of benzene rings is 5. The van der Waals surface area contributed by atoms with Crippen LogP contribution in [0, 0.1) is 42.4 Å². The molecule has 3 saturated carbocycles. The van der Waals surface area contributed by atoms with Gasteiger partial charge in [-0.15, -0.1) is 0 Å². The molecule has 2 aliphatic heterocycles. The van der Waals surface area contributed by atoms with Crippen LogP contribution in [-0.2, 0) is 90.1 Å². The zero-order valence-corrected chi connectivity index (χ0v) is 78.6. The summed E-state index contributed by atoms with van der Waals surface area (Å²) in [5, 5.41) is 28.3. The van der Waals surface area contributed by atoms with Gasteiger partial charge >= 0.3 is 90.0 Å². The number of methoxy groups -OCH3 is 2. The highest BCUT2D eigenvalue weighted by molar-refractivity contribution is 8.13. The number of piperazine rings is 2. The van der Waals surface area contributed by atoms with E-state index >= 15 is 0 Å². The van der Waals surface area contributed by atoms with E-state index in [1.165, 1.54) is 118 Å². The first-order valence-electron chi connectivity index (χ1n) is 44.4. The van der Waals surface area contributed by atoms with Gasteiger partial charge in [0.1, 0.15) is 57.1 Å². The SMILES string of the molecule is C=CC(=O)OCCCCOC(=O)C1CCC(C(=O)O)CC1.C=CC(=O)OCCCCOC(=O)C1CCC(C(=O)Oc2ccc(OC(=O)N3CCN(C(=O)Oc4ccc(OC(=O)C5CCC(C(=O)OCCCCOC(=O)C=C)CC5)c(C(=O)OC)c4)CC3)cc2C(C)=O)CC1.COC(=O)c1cc(OC(=O)N2CCN(C(=O)Oc3ccc(O)c(C(C)=O)c3)CC2)ccc1O.Cc1ccc(S(=O)(=O)Cl)cc1. The van der Waals surface area contributed by atoms with Crippen molar-refractivity contribution in [3.8, 4) is 46.0 Å². The number of carboxylic acid groups (broad SMARTS) is 1. The number of hydrogen-bond acceptors (Lipinski definition) is 35. The van der Waals surface area contributed by atoms with Gasteiger partial charge in [0.15, 0.2) is 11.6 Å². The Morgan fingerprint density at radius 1 is 0.355 bits per heavy atom. The van der Waals surface area contributed by atoms with Gasteiger partial charge in [-0.2, -0.15) is 0 Å². The molecule has 42 heteroatoms. The molecule has 746 valence electrons. The molecule has 0 bridgehead atoms. The van der Waals surface area contributed by atoms with E-state index in [2.05, 4.69) is 24.5 Å². The number of esters is 10. The zero-order valence-electron chi connectivity index (χ0n) is 77.1. The molecule has 0 atom stereocenters. The van der Waals surface area contributed by atoms with Gasteiger partial charge in [-0.05, 0) is 221 Å². The number of nitrogens with zero attached hydrogens (tertiary/aromatic N) is 4. The number of carbonyl (C=O) groups excluding carboxylic acids is 16. The first-order chi connectivity index (χ1) is 65.8. The topological polar surface area (TPSA) is 527 Å².